The van der Waals surface area contributed by atoms with E-state index in [-0.39, 0.29) is 6.04 Å². The van der Waals surface area contributed by atoms with Gasteiger partial charge >= 0.3 is 5.97 Å². The third-order valence-corrected chi connectivity index (χ3v) is 1.18. The zero-order valence-corrected chi connectivity index (χ0v) is 5.74. The Balaban J connectivity index is 3.69. The van der Waals surface area contributed by atoms with Crippen LogP contribution in [0.1, 0.15) is 6.92 Å². The van der Waals surface area contributed by atoms with Crippen molar-refractivity contribution in [3.8, 4) is 0 Å². The third kappa shape index (κ3) is 2.74. The van der Waals surface area contributed by atoms with Crippen molar-refractivity contribution in [3.63, 3.8) is 0 Å². The minimum absolute atomic E-state index is 0.345. The van der Waals surface area contributed by atoms with Crippen LogP contribution in [0.25, 0.3) is 0 Å². The van der Waals surface area contributed by atoms with E-state index in [1.54, 1.807) is 6.92 Å². The van der Waals surface area contributed by atoms with Gasteiger partial charge in [-0.25, -0.2) is 0 Å². The quantitative estimate of drug-likeness (QED) is 0.212. The average molecular weight is 149 g/mol. The van der Waals surface area contributed by atoms with Gasteiger partial charge in [-0.3, -0.25) is 4.79 Å². The number of aliphatic carboxylic acids is 1. The van der Waals surface area contributed by atoms with Gasteiger partial charge < -0.3 is 10.8 Å². The lowest BCUT2D eigenvalue weighted by Gasteiger charge is -2.12. The number of nitrogens with two attached hydrogens (primary N) is 3. The highest BCUT2D eigenvalue weighted by atomic mass is 16.4. The fraction of sp³-hybridized carbons (Fsp3) is 0.750. The van der Waals surface area contributed by atoms with Gasteiger partial charge in [-0.15, -0.1) is 5.43 Å². The SMILES string of the molecule is C[C@@H](N[NH2+]N)C(N)C(=O)O. The molecule has 2 atom stereocenters. The second-order valence-electron chi connectivity index (χ2n) is 1.99. The molecule has 6 nitrogen and oxygen atoms in total. The van der Waals surface area contributed by atoms with Crippen LogP contribution in [-0.2, 0) is 4.79 Å². The fourth-order valence-corrected chi connectivity index (χ4v) is 0.469. The minimum Gasteiger partial charge on any atom is -0.480 e. The van der Waals surface area contributed by atoms with E-state index in [4.69, 9.17) is 16.7 Å². The lowest BCUT2D eigenvalue weighted by atomic mass is 10.2. The maximum absolute atomic E-state index is 10.2. The number of rotatable bonds is 4. The molecule has 0 amide bonds. The predicted octanol–water partition coefficient (Wildman–Crippen LogP) is -3.27. The van der Waals surface area contributed by atoms with Crippen molar-refractivity contribution >= 4 is 5.97 Å². The van der Waals surface area contributed by atoms with Crippen molar-refractivity contribution in [1.82, 2.24) is 5.43 Å². The zero-order chi connectivity index (χ0) is 8.15. The summed E-state index contributed by atoms with van der Waals surface area (Å²) < 4.78 is 0. The number of carboxylic acids is 1. The van der Waals surface area contributed by atoms with Crippen molar-refractivity contribution in [2.45, 2.75) is 19.0 Å². The predicted molar refractivity (Wildman–Crippen MR) is 34.3 cm³/mol. The molecule has 0 saturated heterocycles. The molecule has 60 valence electrons. The molecule has 0 rings (SSSR count). The van der Waals surface area contributed by atoms with E-state index in [0.29, 0.717) is 0 Å². The highest BCUT2D eigenvalue weighted by Crippen LogP contribution is 1.85. The van der Waals surface area contributed by atoms with Crippen LogP contribution >= 0.6 is 0 Å². The first-order valence-corrected chi connectivity index (χ1v) is 2.87. The molecule has 0 aliphatic carbocycles. The van der Waals surface area contributed by atoms with Gasteiger partial charge in [0.05, 0.1) is 6.04 Å². The van der Waals surface area contributed by atoms with Crippen molar-refractivity contribution in [2.75, 3.05) is 0 Å². The topological polar surface area (TPSA) is 118 Å². The summed E-state index contributed by atoms with van der Waals surface area (Å²) in [6.45, 7) is 1.64. The molecule has 0 heterocycles. The molecular formula is C4H13N4O2+. The molecule has 10 heavy (non-hydrogen) atoms. The summed E-state index contributed by atoms with van der Waals surface area (Å²) in [6.07, 6.45) is 0. The Morgan fingerprint density at radius 1 is 1.80 bits per heavy atom. The summed E-state index contributed by atoms with van der Waals surface area (Å²) in [6, 6.07) is -1.26. The summed E-state index contributed by atoms with van der Waals surface area (Å²) in [5, 5.41) is 8.36. The molecule has 0 aromatic carbocycles. The molecule has 0 aliphatic heterocycles. The molecular weight excluding hydrogens is 136 g/mol. The van der Waals surface area contributed by atoms with Crippen molar-refractivity contribution in [1.29, 1.82) is 0 Å². The van der Waals surface area contributed by atoms with Crippen LogP contribution in [0.3, 0.4) is 0 Å². The van der Waals surface area contributed by atoms with Crippen LogP contribution in [0, 0.1) is 0 Å². The Kier molecular flexibility index (Phi) is 3.89. The molecule has 6 heteroatoms. The van der Waals surface area contributed by atoms with Gasteiger partial charge in [0.2, 0.25) is 0 Å². The van der Waals surface area contributed by atoms with Gasteiger partial charge in [0.15, 0.2) is 0 Å². The van der Waals surface area contributed by atoms with E-state index in [0.717, 1.165) is 0 Å². The number of hydrogen-bond acceptors (Lipinski definition) is 4. The van der Waals surface area contributed by atoms with Crippen LogP contribution in [0.2, 0.25) is 0 Å². The number of nitrogens with one attached hydrogen (secondary N) is 1. The Morgan fingerprint density at radius 2 is 2.30 bits per heavy atom. The zero-order valence-electron chi connectivity index (χ0n) is 5.74. The molecule has 0 fully saturated rings. The van der Waals surface area contributed by atoms with Gasteiger partial charge in [0, 0.05) is 0 Å². The standard InChI is InChI=1S/C4H12N4O2/c1-2(7-8-6)3(5)4(9)10/h2-3,7-8H,5-6H2,1H3,(H,9,10)/p+1/t2-,3?/m1/s1. The highest BCUT2D eigenvalue weighted by Gasteiger charge is 2.20. The van der Waals surface area contributed by atoms with Crippen LogP contribution in [0.5, 0.6) is 0 Å². The fourth-order valence-electron chi connectivity index (χ4n) is 0.469. The summed E-state index contributed by atoms with van der Waals surface area (Å²) in [4.78, 5) is 10.2. The molecule has 1 unspecified atom stereocenters. The van der Waals surface area contributed by atoms with Crippen LogP contribution in [0.4, 0.5) is 0 Å². The third-order valence-electron chi connectivity index (χ3n) is 1.18. The summed E-state index contributed by atoms with van der Waals surface area (Å²) in [7, 11) is 0. The van der Waals surface area contributed by atoms with E-state index < -0.39 is 12.0 Å². The summed E-state index contributed by atoms with van der Waals surface area (Å²) in [5.74, 6) is 3.94. The summed E-state index contributed by atoms with van der Waals surface area (Å²) in [5.41, 5.74) is 8.96. The van der Waals surface area contributed by atoms with Gasteiger partial charge in [-0.1, -0.05) is 0 Å². The van der Waals surface area contributed by atoms with E-state index in [2.05, 4.69) is 5.43 Å². The normalized spacial score (nSPS) is 16.3. The molecule has 0 saturated carbocycles. The lowest BCUT2D eigenvalue weighted by Crippen LogP contribution is -3.01. The number of carboxylic acid groups (broad SMARTS) is 1. The summed E-state index contributed by atoms with van der Waals surface area (Å²) >= 11 is 0. The van der Waals surface area contributed by atoms with Gasteiger partial charge in [-0.05, 0) is 6.92 Å². The lowest BCUT2D eigenvalue weighted by molar-refractivity contribution is -0.727. The number of quaternary nitrogens is 1. The largest absolute Gasteiger partial charge is 0.480 e. The van der Waals surface area contributed by atoms with Gasteiger partial charge in [0.1, 0.15) is 6.04 Å². The Bertz CT molecular complexity index is 118. The molecule has 0 spiro atoms. The molecule has 8 N–H and O–H groups in total. The van der Waals surface area contributed by atoms with Crippen LogP contribution in [0.15, 0.2) is 0 Å². The highest BCUT2D eigenvalue weighted by molar-refractivity contribution is 5.73. The second-order valence-corrected chi connectivity index (χ2v) is 1.99. The smallest absolute Gasteiger partial charge is 0.322 e. The van der Waals surface area contributed by atoms with E-state index in [9.17, 15) is 4.79 Å². The number of hydrogen-bond donors (Lipinski definition) is 5. The maximum Gasteiger partial charge on any atom is 0.322 e. The van der Waals surface area contributed by atoms with E-state index >= 15 is 0 Å². The molecule has 0 bridgehead atoms. The van der Waals surface area contributed by atoms with Crippen molar-refractivity contribution in [3.05, 3.63) is 0 Å². The van der Waals surface area contributed by atoms with Crippen molar-refractivity contribution in [2.24, 2.45) is 11.6 Å². The maximum atomic E-state index is 10.2. The first kappa shape index (κ1) is 9.31. The molecule has 0 aliphatic rings. The molecule has 0 radical (unpaired) electrons. The Hall–Kier alpha value is -0.690. The number of carbonyl (C=O) groups is 1. The first-order valence-electron chi connectivity index (χ1n) is 2.87. The Labute approximate surface area is 58.5 Å². The van der Waals surface area contributed by atoms with Gasteiger partial charge in [-0.2, -0.15) is 11.4 Å². The first-order chi connectivity index (χ1) is 4.59. The molecule has 0 aromatic heterocycles. The molecule has 0 aromatic rings. The van der Waals surface area contributed by atoms with E-state index in [1.165, 1.54) is 5.53 Å². The average Bonchev–Trinajstić information content (AvgIpc) is 1.87. The second kappa shape index (κ2) is 4.18. The van der Waals surface area contributed by atoms with Crippen LogP contribution < -0.4 is 22.5 Å². The Morgan fingerprint density at radius 3 is 2.60 bits per heavy atom. The monoisotopic (exact) mass is 149 g/mol. The minimum atomic E-state index is -1.04. The van der Waals surface area contributed by atoms with Crippen LogP contribution in [-0.4, -0.2) is 23.2 Å². The van der Waals surface area contributed by atoms with Crippen molar-refractivity contribution < 1.29 is 15.4 Å². The van der Waals surface area contributed by atoms with Gasteiger partial charge in [0.25, 0.3) is 0 Å². The van der Waals surface area contributed by atoms with E-state index in [1.807, 2.05) is 0 Å².